The molecule has 0 radical (unpaired) electrons. The molecule has 0 bridgehead atoms. The predicted molar refractivity (Wildman–Crippen MR) is 78.0 cm³/mol. The SMILES string of the molecule is CC(=O)NCCN(CCC(=O)O)C(=O)c1cccc(C)c1. The van der Waals surface area contributed by atoms with Gasteiger partial charge in [-0.2, -0.15) is 0 Å². The van der Waals surface area contributed by atoms with Crippen molar-refractivity contribution in [1.82, 2.24) is 10.2 Å². The Morgan fingerprint density at radius 2 is 1.95 bits per heavy atom. The first-order chi connectivity index (χ1) is 9.90. The first-order valence-corrected chi connectivity index (χ1v) is 6.72. The molecule has 114 valence electrons. The Hall–Kier alpha value is -2.37. The van der Waals surface area contributed by atoms with E-state index in [4.69, 9.17) is 5.11 Å². The van der Waals surface area contributed by atoms with Gasteiger partial charge in [0.05, 0.1) is 6.42 Å². The van der Waals surface area contributed by atoms with Crippen LogP contribution in [0, 0.1) is 6.92 Å². The maximum atomic E-state index is 12.4. The highest BCUT2D eigenvalue weighted by Crippen LogP contribution is 2.08. The van der Waals surface area contributed by atoms with Crippen LogP contribution in [0.25, 0.3) is 0 Å². The normalized spacial score (nSPS) is 10.0. The molecule has 0 aliphatic heterocycles. The van der Waals surface area contributed by atoms with E-state index in [-0.39, 0.29) is 31.3 Å². The van der Waals surface area contributed by atoms with E-state index in [0.29, 0.717) is 12.1 Å². The summed E-state index contributed by atoms with van der Waals surface area (Å²) < 4.78 is 0. The predicted octanol–water partition coefficient (Wildman–Crippen LogP) is 1.05. The lowest BCUT2D eigenvalue weighted by Crippen LogP contribution is -2.39. The number of hydrogen-bond donors (Lipinski definition) is 2. The minimum atomic E-state index is -0.962. The molecule has 0 aromatic heterocycles. The third-order valence-electron chi connectivity index (χ3n) is 2.90. The molecule has 6 nitrogen and oxygen atoms in total. The highest BCUT2D eigenvalue weighted by molar-refractivity contribution is 5.94. The lowest BCUT2D eigenvalue weighted by atomic mass is 10.1. The monoisotopic (exact) mass is 292 g/mol. The summed E-state index contributed by atoms with van der Waals surface area (Å²) in [5.74, 6) is -1.38. The molecule has 0 heterocycles. The second kappa shape index (κ2) is 8.04. The van der Waals surface area contributed by atoms with Crippen molar-refractivity contribution in [3.8, 4) is 0 Å². The topological polar surface area (TPSA) is 86.7 Å². The van der Waals surface area contributed by atoms with Crippen molar-refractivity contribution in [2.45, 2.75) is 20.3 Å². The zero-order chi connectivity index (χ0) is 15.8. The van der Waals surface area contributed by atoms with Crippen molar-refractivity contribution in [2.24, 2.45) is 0 Å². The molecule has 0 saturated carbocycles. The number of benzene rings is 1. The largest absolute Gasteiger partial charge is 0.481 e. The number of nitrogens with zero attached hydrogens (tertiary/aromatic N) is 1. The molecule has 0 aliphatic carbocycles. The number of carboxylic acids is 1. The molecule has 1 rings (SSSR count). The van der Waals surface area contributed by atoms with Crippen LogP contribution in [0.3, 0.4) is 0 Å². The summed E-state index contributed by atoms with van der Waals surface area (Å²) in [4.78, 5) is 35.4. The van der Waals surface area contributed by atoms with Crippen LogP contribution in [0.2, 0.25) is 0 Å². The summed E-state index contributed by atoms with van der Waals surface area (Å²) in [7, 11) is 0. The smallest absolute Gasteiger partial charge is 0.305 e. The van der Waals surface area contributed by atoms with Gasteiger partial charge < -0.3 is 15.3 Å². The van der Waals surface area contributed by atoms with Crippen LogP contribution in [-0.4, -0.2) is 47.4 Å². The highest BCUT2D eigenvalue weighted by Gasteiger charge is 2.16. The molecule has 0 saturated heterocycles. The Morgan fingerprint density at radius 3 is 2.52 bits per heavy atom. The van der Waals surface area contributed by atoms with Gasteiger partial charge in [0.1, 0.15) is 0 Å². The summed E-state index contributed by atoms with van der Waals surface area (Å²) in [5, 5.41) is 11.4. The standard InChI is InChI=1S/C15H20N2O4/c1-11-4-3-5-13(10-11)15(21)17(8-6-14(19)20)9-7-16-12(2)18/h3-5,10H,6-9H2,1-2H3,(H,16,18)(H,19,20). The van der Waals surface area contributed by atoms with Crippen molar-refractivity contribution in [3.05, 3.63) is 35.4 Å². The van der Waals surface area contributed by atoms with Crippen molar-refractivity contribution < 1.29 is 19.5 Å². The fourth-order valence-electron chi connectivity index (χ4n) is 1.87. The van der Waals surface area contributed by atoms with E-state index in [2.05, 4.69) is 5.32 Å². The molecular weight excluding hydrogens is 272 g/mol. The van der Waals surface area contributed by atoms with Gasteiger partial charge in [-0.1, -0.05) is 17.7 Å². The van der Waals surface area contributed by atoms with Crippen molar-refractivity contribution in [2.75, 3.05) is 19.6 Å². The molecular formula is C15H20N2O4. The molecule has 1 aromatic rings. The molecule has 2 N–H and O–H groups in total. The lowest BCUT2D eigenvalue weighted by molar-refractivity contribution is -0.137. The maximum Gasteiger partial charge on any atom is 0.305 e. The van der Waals surface area contributed by atoms with E-state index in [0.717, 1.165) is 5.56 Å². The van der Waals surface area contributed by atoms with Gasteiger partial charge in [-0.15, -0.1) is 0 Å². The Kier molecular flexibility index (Phi) is 6.39. The van der Waals surface area contributed by atoms with Gasteiger partial charge in [0.2, 0.25) is 5.91 Å². The first-order valence-electron chi connectivity index (χ1n) is 6.72. The fraction of sp³-hybridized carbons (Fsp3) is 0.400. The van der Waals surface area contributed by atoms with Gasteiger partial charge in [0.15, 0.2) is 0 Å². The number of carbonyl (C=O) groups excluding carboxylic acids is 2. The summed E-state index contributed by atoms with van der Waals surface area (Å²) >= 11 is 0. The molecule has 0 fully saturated rings. The van der Waals surface area contributed by atoms with Gasteiger partial charge in [0, 0.05) is 32.1 Å². The van der Waals surface area contributed by atoms with Gasteiger partial charge in [-0.25, -0.2) is 0 Å². The van der Waals surface area contributed by atoms with Crippen LogP contribution in [0.5, 0.6) is 0 Å². The van der Waals surface area contributed by atoms with Crippen LogP contribution >= 0.6 is 0 Å². The van der Waals surface area contributed by atoms with E-state index in [1.165, 1.54) is 11.8 Å². The maximum absolute atomic E-state index is 12.4. The third-order valence-corrected chi connectivity index (χ3v) is 2.90. The summed E-state index contributed by atoms with van der Waals surface area (Å²) in [6, 6.07) is 7.12. The average molecular weight is 292 g/mol. The molecule has 6 heteroatoms. The van der Waals surface area contributed by atoms with E-state index in [1.54, 1.807) is 18.2 Å². The van der Waals surface area contributed by atoms with Gasteiger partial charge in [-0.05, 0) is 19.1 Å². The van der Waals surface area contributed by atoms with Gasteiger partial charge >= 0.3 is 5.97 Å². The minimum Gasteiger partial charge on any atom is -0.481 e. The Labute approximate surface area is 123 Å². The Bertz CT molecular complexity index is 528. The van der Waals surface area contributed by atoms with Gasteiger partial charge in [-0.3, -0.25) is 14.4 Å². The number of amides is 2. The van der Waals surface area contributed by atoms with Crippen LogP contribution in [0.15, 0.2) is 24.3 Å². The number of carbonyl (C=O) groups is 3. The first kappa shape index (κ1) is 16.7. The third kappa shape index (κ3) is 6.07. The second-order valence-corrected chi connectivity index (χ2v) is 4.79. The van der Waals surface area contributed by atoms with Crippen LogP contribution in [-0.2, 0) is 9.59 Å². The number of nitrogens with one attached hydrogen (secondary N) is 1. The zero-order valence-electron chi connectivity index (χ0n) is 12.3. The van der Waals surface area contributed by atoms with E-state index in [1.807, 2.05) is 13.0 Å². The summed E-state index contributed by atoms with van der Waals surface area (Å²) in [6.45, 7) is 3.97. The number of aryl methyl sites for hydroxylation is 1. The van der Waals surface area contributed by atoms with Crippen molar-refractivity contribution in [1.29, 1.82) is 0 Å². The van der Waals surface area contributed by atoms with Gasteiger partial charge in [0.25, 0.3) is 5.91 Å². The Balaban J connectivity index is 2.75. The second-order valence-electron chi connectivity index (χ2n) is 4.79. The lowest BCUT2D eigenvalue weighted by Gasteiger charge is -2.22. The van der Waals surface area contributed by atoms with E-state index >= 15 is 0 Å². The minimum absolute atomic E-state index is 0.113. The molecule has 0 unspecified atom stereocenters. The molecule has 2 amide bonds. The van der Waals surface area contributed by atoms with Crippen LogP contribution in [0.4, 0.5) is 0 Å². The Morgan fingerprint density at radius 1 is 1.24 bits per heavy atom. The number of rotatable bonds is 7. The molecule has 21 heavy (non-hydrogen) atoms. The number of carboxylic acid groups (broad SMARTS) is 1. The zero-order valence-corrected chi connectivity index (χ0v) is 12.3. The number of hydrogen-bond acceptors (Lipinski definition) is 3. The van der Waals surface area contributed by atoms with Crippen LogP contribution < -0.4 is 5.32 Å². The van der Waals surface area contributed by atoms with E-state index < -0.39 is 5.97 Å². The molecule has 1 aromatic carbocycles. The average Bonchev–Trinajstić information content (AvgIpc) is 2.41. The van der Waals surface area contributed by atoms with Crippen LogP contribution in [0.1, 0.15) is 29.3 Å². The summed E-state index contributed by atoms with van der Waals surface area (Å²) in [6.07, 6.45) is -0.127. The fourth-order valence-corrected chi connectivity index (χ4v) is 1.87. The van der Waals surface area contributed by atoms with Crippen molar-refractivity contribution >= 4 is 17.8 Å². The number of aliphatic carboxylic acids is 1. The highest BCUT2D eigenvalue weighted by atomic mass is 16.4. The molecule has 0 atom stereocenters. The quantitative estimate of drug-likeness (QED) is 0.786. The van der Waals surface area contributed by atoms with E-state index in [9.17, 15) is 14.4 Å². The van der Waals surface area contributed by atoms with Crippen molar-refractivity contribution in [3.63, 3.8) is 0 Å². The summed E-state index contributed by atoms with van der Waals surface area (Å²) in [5.41, 5.74) is 1.48. The molecule has 0 aliphatic rings. The molecule has 0 spiro atoms.